The van der Waals surface area contributed by atoms with Gasteiger partial charge in [0, 0.05) is 11.4 Å². The van der Waals surface area contributed by atoms with Crippen LogP contribution in [-0.4, -0.2) is 37.6 Å². The second-order valence-electron chi connectivity index (χ2n) is 7.29. The van der Waals surface area contributed by atoms with Crippen LogP contribution < -0.4 is 5.14 Å². The van der Waals surface area contributed by atoms with E-state index in [0.717, 1.165) is 11.6 Å². The van der Waals surface area contributed by atoms with Crippen molar-refractivity contribution >= 4 is 50.8 Å². The first kappa shape index (κ1) is 24.0. The molecule has 2 N–H and O–H groups in total. The van der Waals surface area contributed by atoms with Crippen LogP contribution in [0.2, 0.25) is 10.0 Å². The molecule has 9 nitrogen and oxygen atoms in total. The molecule has 2 aromatic carbocycles. The lowest BCUT2D eigenvalue weighted by atomic mass is 10.0. The van der Waals surface area contributed by atoms with Gasteiger partial charge in [-0.1, -0.05) is 35.3 Å². The van der Waals surface area contributed by atoms with E-state index in [0.29, 0.717) is 22.9 Å². The highest BCUT2D eigenvalue weighted by atomic mass is 35.5. The minimum Gasteiger partial charge on any atom is -0.467 e. The Kier molecular flexibility index (Phi) is 6.76. The van der Waals surface area contributed by atoms with E-state index in [1.54, 1.807) is 36.4 Å². The van der Waals surface area contributed by atoms with Gasteiger partial charge in [0.05, 0.1) is 22.6 Å². The van der Waals surface area contributed by atoms with Crippen LogP contribution in [0.1, 0.15) is 34.1 Å². The van der Waals surface area contributed by atoms with Crippen molar-refractivity contribution in [1.29, 1.82) is 0 Å². The Labute approximate surface area is 204 Å². The number of ether oxygens (including phenoxy) is 1. The highest BCUT2D eigenvalue weighted by Gasteiger charge is 2.35. The van der Waals surface area contributed by atoms with Crippen LogP contribution in [0.25, 0.3) is 0 Å². The van der Waals surface area contributed by atoms with E-state index >= 15 is 0 Å². The summed E-state index contributed by atoms with van der Waals surface area (Å²) < 4.78 is 33.8. The molecule has 4 rings (SSSR count). The fourth-order valence-electron chi connectivity index (χ4n) is 3.38. The van der Waals surface area contributed by atoms with Gasteiger partial charge >= 0.3 is 5.97 Å². The van der Waals surface area contributed by atoms with Crippen molar-refractivity contribution in [3.63, 3.8) is 0 Å². The number of nitrogens with two attached hydrogens (primary N) is 1. The molecule has 1 aromatic heterocycles. The number of halogens is 2. The average Bonchev–Trinajstić information content (AvgIpc) is 3.47. The lowest BCUT2D eigenvalue weighted by Gasteiger charge is -2.19. The maximum atomic E-state index is 12.9. The fraction of sp³-hybridized carbons (Fsp3) is 0.136. The van der Waals surface area contributed by atoms with Crippen molar-refractivity contribution in [2.45, 2.75) is 17.4 Å². The monoisotopic (exact) mass is 521 g/mol. The molecule has 0 spiro atoms. The maximum Gasteiger partial charge on any atom is 0.338 e. The summed E-state index contributed by atoms with van der Waals surface area (Å²) in [7, 11) is -4.15. The SMILES string of the molecule is NS(=O)(=O)c1cc(C(=O)OCC(=O)N2N=C(c3ccc(Cl)cc3)CC2c2ccco2)ccc1Cl. The third-order valence-corrected chi connectivity index (χ3v) is 6.66. The molecule has 0 saturated heterocycles. The molecule has 0 aliphatic carbocycles. The fourth-order valence-corrected chi connectivity index (χ4v) is 4.58. The number of sulfonamides is 1. The summed E-state index contributed by atoms with van der Waals surface area (Å²) >= 11 is 11.8. The zero-order valence-corrected chi connectivity index (χ0v) is 19.7. The van der Waals surface area contributed by atoms with Crippen LogP contribution in [-0.2, 0) is 19.6 Å². The number of hydrogen-bond donors (Lipinski definition) is 1. The molecule has 3 aromatic rings. The minimum absolute atomic E-state index is 0.129. The Hall–Kier alpha value is -3.18. The largest absolute Gasteiger partial charge is 0.467 e. The van der Waals surface area contributed by atoms with Gasteiger partial charge < -0.3 is 9.15 Å². The van der Waals surface area contributed by atoms with Crippen LogP contribution in [0.5, 0.6) is 0 Å². The second-order valence-corrected chi connectivity index (χ2v) is 9.67. The maximum absolute atomic E-state index is 12.9. The Morgan fingerprint density at radius 1 is 1.15 bits per heavy atom. The quantitative estimate of drug-likeness (QED) is 0.491. The molecule has 1 amide bonds. The minimum atomic E-state index is -4.15. The highest BCUT2D eigenvalue weighted by molar-refractivity contribution is 7.89. The van der Waals surface area contributed by atoms with Gasteiger partial charge in [0.2, 0.25) is 10.0 Å². The standard InChI is InChI=1S/C22H17Cl2N3O6S/c23-15-6-3-13(4-7-15)17-11-18(19-2-1-9-32-19)27(26-17)21(28)12-33-22(29)14-5-8-16(24)20(10-14)34(25,30)31/h1-10,18H,11-12H2,(H2,25,30,31). The van der Waals surface area contributed by atoms with E-state index in [-0.39, 0.29) is 10.6 Å². The van der Waals surface area contributed by atoms with Crippen LogP contribution in [0.4, 0.5) is 0 Å². The molecule has 2 heterocycles. The van der Waals surface area contributed by atoms with Crippen molar-refractivity contribution in [1.82, 2.24) is 5.01 Å². The Morgan fingerprint density at radius 2 is 1.88 bits per heavy atom. The van der Waals surface area contributed by atoms with Crippen LogP contribution in [0.15, 0.2) is 75.3 Å². The molecule has 1 atom stereocenters. The summed E-state index contributed by atoms with van der Waals surface area (Å²) in [5.41, 5.74) is 1.29. The van der Waals surface area contributed by atoms with Gasteiger partial charge in [-0.05, 0) is 48.0 Å². The average molecular weight is 522 g/mol. The number of benzene rings is 2. The number of carbonyl (C=O) groups excluding carboxylic acids is 2. The van der Waals surface area contributed by atoms with E-state index in [1.807, 2.05) is 0 Å². The third kappa shape index (κ3) is 5.15. The number of nitrogens with zero attached hydrogens (tertiary/aromatic N) is 2. The topological polar surface area (TPSA) is 132 Å². The lowest BCUT2D eigenvalue weighted by molar-refractivity contribution is -0.136. The normalized spacial score (nSPS) is 15.8. The number of hydrazone groups is 1. The van der Waals surface area contributed by atoms with Gasteiger partial charge in [-0.15, -0.1) is 0 Å². The molecule has 0 saturated carbocycles. The molecule has 0 fully saturated rings. The zero-order valence-electron chi connectivity index (χ0n) is 17.4. The molecule has 1 unspecified atom stereocenters. The van der Waals surface area contributed by atoms with Gasteiger partial charge in [-0.3, -0.25) is 4.79 Å². The van der Waals surface area contributed by atoms with Crippen molar-refractivity contribution in [2.75, 3.05) is 6.61 Å². The first-order chi connectivity index (χ1) is 16.1. The number of amides is 1. The summed E-state index contributed by atoms with van der Waals surface area (Å²) in [6.45, 7) is -0.638. The summed E-state index contributed by atoms with van der Waals surface area (Å²) in [6, 6.07) is 13.4. The van der Waals surface area contributed by atoms with E-state index in [1.165, 1.54) is 23.4 Å². The summed E-state index contributed by atoms with van der Waals surface area (Å²) in [4.78, 5) is 25.0. The van der Waals surface area contributed by atoms with Crippen LogP contribution in [0, 0.1) is 0 Å². The molecule has 12 heteroatoms. The van der Waals surface area contributed by atoms with Gasteiger partial charge in [-0.25, -0.2) is 23.4 Å². The number of esters is 1. The highest BCUT2D eigenvalue weighted by Crippen LogP contribution is 2.33. The van der Waals surface area contributed by atoms with Gasteiger partial charge in [-0.2, -0.15) is 5.10 Å². The number of hydrogen-bond acceptors (Lipinski definition) is 7. The lowest BCUT2D eigenvalue weighted by Crippen LogP contribution is -2.31. The number of primary sulfonamides is 1. The first-order valence-electron chi connectivity index (χ1n) is 9.82. The van der Waals surface area contributed by atoms with E-state index in [4.69, 9.17) is 37.5 Å². The van der Waals surface area contributed by atoms with Crippen molar-refractivity contribution in [3.8, 4) is 0 Å². The molecule has 34 heavy (non-hydrogen) atoms. The van der Waals surface area contributed by atoms with E-state index in [9.17, 15) is 18.0 Å². The number of rotatable bonds is 6. The number of carbonyl (C=O) groups is 2. The molecular weight excluding hydrogens is 505 g/mol. The molecule has 1 aliphatic heterocycles. The first-order valence-corrected chi connectivity index (χ1v) is 12.1. The third-order valence-electron chi connectivity index (χ3n) is 5.02. The second kappa shape index (κ2) is 9.59. The van der Waals surface area contributed by atoms with Crippen LogP contribution in [0.3, 0.4) is 0 Å². The van der Waals surface area contributed by atoms with Gasteiger partial charge in [0.25, 0.3) is 5.91 Å². The Balaban J connectivity index is 1.52. The Morgan fingerprint density at radius 3 is 2.53 bits per heavy atom. The molecular formula is C22H17Cl2N3O6S. The van der Waals surface area contributed by atoms with Crippen molar-refractivity contribution < 1.29 is 27.2 Å². The zero-order chi connectivity index (χ0) is 24.5. The van der Waals surface area contributed by atoms with Gasteiger partial charge in [0.1, 0.15) is 16.7 Å². The van der Waals surface area contributed by atoms with E-state index in [2.05, 4.69) is 5.10 Å². The predicted octanol–water partition coefficient (Wildman–Crippen LogP) is 3.77. The summed E-state index contributed by atoms with van der Waals surface area (Å²) in [5, 5.41) is 11.2. The molecule has 0 radical (unpaired) electrons. The molecule has 1 aliphatic rings. The van der Waals surface area contributed by atoms with Gasteiger partial charge in [0.15, 0.2) is 6.61 Å². The Bertz CT molecular complexity index is 1370. The molecule has 0 bridgehead atoms. The van der Waals surface area contributed by atoms with E-state index < -0.39 is 39.4 Å². The smallest absolute Gasteiger partial charge is 0.338 e. The van der Waals surface area contributed by atoms with Crippen molar-refractivity contribution in [2.24, 2.45) is 10.2 Å². The van der Waals surface area contributed by atoms with Crippen LogP contribution >= 0.6 is 23.2 Å². The molecule has 176 valence electrons. The summed E-state index contributed by atoms with van der Waals surface area (Å²) in [5.74, 6) is -1.01. The number of furan rings is 1. The predicted molar refractivity (Wildman–Crippen MR) is 124 cm³/mol. The van der Waals surface area contributed by atoms with Crippen molar-refractivity contribution in [3.05, 3.63) is 87.8 Å². The summed E-state index contributed by atoms with van der Waals surface area (Å²) in [6.07, 6.45) is 1.87.